The molecule has 5 heteroatoms. The largest absolute Gasteiger partial charge is 0.384 e. The van der Waals surface area contributed by atoms with E-state index in [1.165, 1.54) is 0 Å². The summed E-state index contributed by atoms with van der Waals surface area (Å²) >= 11 is 0. The van der Waals surface area contributed by atoms with E-state index >= 15 is 0 Å². The van der Waals surface area contributed by atoms with Gasteiger partial charge in [-0.25, -0.2) is 4.98 Å². The van der Waals surface area contributed by atoms with Crippen LogP contribution in [-0.4, -0.2) is 27.2 Å². The lowest BCUT2D eigenvalue weighted by Gasteiger charge is -2.09. The first-order valence-corrected chi connectivity index (χ1v) is 6.65. The summed E-state index contributed by atoms with van der Waals surface area (Å²) in [5, 5.41) is 11.6. The lowest BCUT2D eigenvalue weighted by molar-refractivity contribution is -0.116. The predicted molar refractivity (Wildman–Crippen MR) is 80.6 cm³/mol. The molecule has 1 aromatic carbocycles. The minimum absolute atomic E-state index is 0.0407. The van der Waals surface area contributed by atoms with E-state index in [0.717, 1.165) is 16.8 Å². The summed E-state index contributed by atoms with van der Waals surface area (Å²) in [6, 6.07) is 5.53. The van der Waals surface area contributed by atoms with E-state index in [9.17, 15) is 4.79 Å². The fourth-order valence-corrected chi connectivity index (χ4v) is 1.89. The van der Waals surface area contributed by atoms with Gasteiger partial charge in [-0.05, 0) is 30.7 Å². The number of anilines is 1. The molecule has 1 amide bonds. The second-order valence-electron chi connectivity index (χ2n) is 4.59. The molecule has 0 saturated carbocycles. The Hall–Kier alpha value is -2.58. The van der Waals surface area contributed by atoms with Crippen LogP contribution in [0.4, 0.5) is 5.69 Å². The number of rotatable bonds is 4. The molecule has 0 aliphatic carbocycles. The number of aromatic nitrogens is 2. The molecule has 21 heavy (non-hydrogen) atoms. The molecule has 2 N–H and O–H groups in total. The van der Waals surface area contributed by atoms with Crippen molar-refractivity contribution in [2.24, 2.45) is 0 Å². The zero-order chi connectivity index (χ0) is 15.1. The first kappa shape index (κ1) is 14.8. The van der Waals surface area contributed by atoms with Gasteiger partial charge in [-0.2, -0.15) is 0 Å². The normalized spacial score (nSPS) is 9.81. The molecule has 0 saturated heterocycles. The van der Waals surface area contributed by atoms with Crippen molar-refractivity contribution in [1.29, 1.82) is 0 Å². The topological polar surface area (TPSA) is 67.2 Å². The summed E-state index contributed by atoms with van der Waals surface area (Å²) in [4.78, 5) is 15.8. The van der Waals surface area contributed by atoms with E-state index in [-0.39, 0.29) is 12.5 Å². The number of amides is 1. The van der Waals surface area contributed by atoms with E-state index in [2.05, 4.69) is 22.1 Å². The number of imidazole rings is 1. The highest BCUT2D eigenvalue weighted by molar-refractivity contribution is 5.91. The molecule has 0 unspecified atom stereocenters. The third-order valence-electron chi connectivity index (χ3n) is 2.97. The molecular formula is C16H17N3O2. The van der Waals surface area contributed by atoms with Crippen LogP contribution >= 0.6 is 0 Å². The van der Waals surface area contributed by atoms with Gasteiger partial charge in [0.05, 0.1) is 6.33 Å². The number of hydrogen-bond acceptors (Lipinski definition) is 3. The van der Waals surface area contributed by atoms with Crippen molar-refractivity contribution in [1.82, 2.24) is 9.55 Å². The molecule has 108 valence electrons. The molecule has 5 nitrogen and oxygen atoms in total. The van der Waals surface area contributed by atoms with E-state index in [1.54, 1.807) is 12.5 Å². The van der Waals surface area contributed by atoms with Gasteiger partial charge in [0.15, 0.2) is 0 Å². The highest BCUT2D eigenvalue weighted by atomic mass is 16.2. The number of carbonyl (C=O) groups is 1. The van der Waals surface area contributed by atoms with Gasteiger partial charge < -0.3 is 15.0 Å². The van der Waals surface area contributed by atoms with E-state index < -0.39 is 0 Å². The second-order valence-corrected chi connectivity index (χ2v) is 4.59. The number of aliphatic hydroxyl groups is 1. The van der Waals surface area contributed by atoms with Crippen LogP contribution in [0.2, 0.25) is 0 Å². The molecule has 0 spiro atoms. The number of nitrogens with one attached hydrogen (secondary N) is 1. The first-order valence-electron chi connectivity index (χ1n) is 6.65. The predicted octanol–water partition coefficient (Wildman–Crippen LogP) is 1.56. The number of aryl methyl sites for hydroxylation is 2. The molecule has 0 atom stereocenters. The van der Waals surface area contributed by atoms with Crippen molar-refractivity contribution in [3.63, 3.8) is 0 Å². The zero-order valence-electron chi connectivity index (χ0n) is 11.8. The lowest BCUT2D eigenvalue weighted by Crippen LogP contribution is -2.14. The fourth-order valence-electron chi connectivity index (χ4n) is 1.89. The van der Waals surface area contributed by atoms with Gasteiger partial charge in [0, 0.05) is 36.6 Å². The van der Waals surface area contributed by atoms with Crippen molar-refractivity contribution >= 4 is 11.6 Å². The molecule has 1 aromatic heterocycles. The average Bonchev–Trinajstić information content (AvgIpc) is 2.99. The molecule has 1 heterocycles. The van der Waals surface area contributed by atoms with E-state index in [0.29, 0.717) is 13.0 Å². The van der Waals surface area contributed by atoms with Crippen molar-refractivity contribution in [3.05, 3.63) is 48.0 Å². The summed E-state index contributed by atoms with van der Waals surface area (Å²) in [6.45, 7) is 2.35. The van der Waals surface area contributed by atoms with E-state index in [4.69, 9.17) is 5.11 Å². The maximum Gasteiger partial charge on any atom is 0.226 e. The number of carbonyl (C=O) groups excluding carboxylic acids is 1. The molecule has 2 aromatic rings. The van der Waals surface area contributed by atoms with Gasteiger partial charge in [0.25, 0.3) is 0 Å². The molecule has 0 fully saturated rings. The smallest absolute Gasteiger partial charge is 0.226 e. The van der Waals surface area contributed by atoms with Crippen LogP contribution in [0.15, 0.2) is 36.9 Å². The van der Waals surface area contributed by atoms with Crippen LogP contribution in [0.3, 0.4) is 0 Å². The number of hydrogen-bond donors (Lipinski definition) is 2. The summed E-state index contributed by atoms with van der Waals surface area (Å²) < 4.78 is 1.86. The third-order valence-corrected chi connectivity index (χ3v) is 2.97. The van der Waals surface area contributed by atoms with Crippen LogP contribution in [0.25, 0.3) is 0 Å². The monoisotopic (exact) mass is 283 g/mol. The van der Waals surface area contributed by atoms with E-state index in [1.807, 2.05) is 35.9 Å². The standard InChI is InChI=1S/C16H17N3O2/c1-13-11-14(3-2-10-20)4-5-15(13)18-16(21)6-8-19-9-7-17-12-19/h4-5,7,9,11-12,20H,6,8,10H2,1H3,(H,18,21). The Kier molecular flexibility index (Phi) is 5.13. The molecule has 0 bridgehead atoms. The van der Waals surface area contributed by atoms with Gasteiger partial charge >= 0.3 is 0 Å². The van der Waals surface area contributed by atoms with Gasteiger partial charge in [0.2, 0.25) is 5.91 Å². The SMILES string of the molecule is Cc1cc(C#CCO)ccc1NC(=O)CCn1ccnc1. The van der Waals surface area contributed by atoms with Crippen molar-refractivity contribution < 1.29 is 9.90 Å². The Bertz CT molecular complexity index is 667. The summed E-state index contributed by atoms with van der Waals surface area (Å²) in [7, 11) is 0. The lowest BCUT2D eigenvalue weighted by atomic mass is 10.1. The Balaban J connectivity index is 1.94. The maximum absolute atomic E-state index is 11.9. The van der Waals surface area contributed by atoms with Crippen LogP contribution in [0.5, 0.6) is 0 Å². The van der Waals surface area contributed by atoms with Crippen LogP contribution in [0, 0.1) is 18.8 Å². The molecule has 0 aliphatic rings. The van der Waals surface area contributed by atoms with Crippen LogP contribution < -0.4 is 5.32 Å². The molecule has 0 aliphatic heterocycles. The zero-order valence-corrected chi connectivity index (χ0v) is 11.8. The van der Waals surface area contributed by atoms with Crippen LogP contribution in [-0.2, 0) is 11.3 Å². The van der Waals surface area contributed by atoms with Gasteiger partial charge in [0.1, 0.15) is 6.61 Å². The summed E-state index contributed by atoms with van der Waals surface area (Å²) in [5.74, 6) is 5.39. The summed E-state index contributed by atoms with van der Waals surface area (Å²) in [6.07, 6.45) is 5.59. The molecule has 0 radical (unpaired) electrons. The third kappa shape index (κ3) is 4.48. The Labute approximate surface area is 123 Å². The Morgan fingerprint density at radius 1 is 1.48 bits per heavy atom. The van der Waals surface area contributed by atoms with Crippen molar-refractivity contribution in [3.8, 4) is 11.8 Å². The Morgan fingerprint density at radius 3 is 3.00 bits per heavy atom. The number of benzene rings is 1. The minimum Gasteiger partial charge on any atom is -0.384 e. The van der Waals surface area contributed by atoms with Crippen molar-refractivity contribution in [2.75, 3.05) is 11.9 Å². The highest BCUT2D eigenvalue weighted by Crippen LogP contribution is 2.16. The highest BCUT2D eigenvalue weighted by Gasteiger charge is 2.05. The van der Waals surface area contributed by atoms with Gasteiger partial charge in [-0.3, -0.25) is 4.79 Å². The van der Waals surface area contributed by atoms with Gasteiger partial charge in [-0.1, -0.05) is 11.8 Å². The number of nitrogens with zero attached hydrogens (tertiary/aromatic N) is 2. The molecular weight excluding hydrogens is 266 g/mol. The second kappa shape index (κ2) is 7.27. The average molecular weight is 283 g/mol. The maximum atomic E-state index is 11.9. The van der Waals surface area contributed by atoms with Crippen LogP contribution in [0.1, 0.15) is 17.5 Å². The molecule has 2 rings (SSSR count). The van der Waals surface area contributed by atoms with Gasteiger partial charge in [-0.15, -0.1) is 0 Å². The quantitative estimate of drug-likeness (QED) is 0.837. The fraction of sp³-hybridized carbons (Fsp3) is 0.250. The first-order chi connectivity index (χ1) is 10.2. The summed E-state index contributed by atoms with van der Waals surface area (Å²) in [5.41, 5.74) is 2.54. The van der Waals surface area contributed by atoms with Crippen molar-refractivity contribution in [2.45, 2.75) is 19.9 Å². The number of aliphatic hydroxyl groups excluding tert-OH is 1. The minimum atomic E-state index is -0.161. The Morgan fingerprint density at radius 2 is 2.33 bits per heavy atom.